The number of carboxylic acid groups (broad SMARTS) is 3. The maximum absolute atomic E-state index is 15.1. The van der Waals surface area contributed by atoms with Crippen LogP contribution in [0.15, 0.2) is 115 Å². The molecule has 5 aromatic rings. The number of benzene rings is 4. The van der Waals surface area contributed by atoms with Crippen LogP contribution in [0.25, 0.3) is 10.9 Å². The predicted octanol–water partition coefficient (Wildman–Crippen LogP) is -2.79. The molecular weight excluding hydrogens is 1670 g/mol. The number of aliphatic carboxylic acids is 3. The van der Waals surface area contributed by atoms with E-state index < -0.39 is 248 Å². The van der Waals surface area contributed by atoms with Gasteiger partial charge in [-0.05, 0) is 96.9 Å². The van der Waals surface area contributed by atoms with E-state index in [1.54, 1.807) is 140 Å². The Balaban J connectivity index is 1.35. The van der Waals surface area contributed by atoms with E-state index in [4.69, 9.17) is 11.5 Å². The molecule has 0 fully saturated rings. The van der Waals surface area contributed by atoms with Gasteiger partial charge in [-0.25, -0.2) is 4.79 Å². The summed E-state index contributed by atoms with van der Waals surface area (Å²) in [6.07, 6.45) is -2.51. The molecule has 41 nitrogen and oxygen atoms in total. The maximum atomic E-state index is 15.1. The molecule has 0 aliphatic heterocycles. The number of hydrogen-bond acceptors (Lipinski definition) is 23. The Morgan fingerprint density at radius 2 is 0.766 bits per heavy atom. The minimum absolute atomic E-state index is 0.0413. The summed E-state index contributed by atoms with van der Waals surface area (Å²) in [5.41, 5.74) is 14.3. The van der Waals surface area contributed by atoms with E-state index in [0.717, 1.165) is 6.92 Å². The lowest BCUT2D eigenvalue weighted by molar-refractivity contribution is -0.145. The first-order chi connectivity index (χ1) is 60.6. The van der Waals surface area contributed by atoms with E-state index in [1.165, 1.54) is 31.2 Å². The number of amides is 14. The Morgan fingerprint density at radius 1 is 0.391 bits per heavy atom. The highest BCUT2D eigenvalue weighted by Crippen LogP contribution is 2.22. The summed E-state index contributed by atoms with van der Waals surface area (Å²) in [5.74, 6) is -21.2. The van der Waals surface area contributed by atoms with E-state index in [1.807, 2.05) is 0 Å². The minimum Gasteiger partial charge on any atom is -0.508 e. The zero-order valence-corrected chi connectivity index (χ0v) is 73.0. The van der Waals surface area contributed by atoms with Crippen LogP contribution >= 0.6 is 0 Å². The van der Waals surface area contributed by atoms with Crippen molar-refractivity contribution in [3.8, 4) is 5.75 Å². The summed E-state index contributed by atoms with van der Waals surface area (Å²) in [6.45, 7) is 11.1. The van der Waals surface area contributed by atoms with Crippen LogP contribution in [0, 0.1) is 23.7 Å². The van der Waals surface area contributed by atoms with Gasteiger partial charge in [-0.1, -0.05) is 166 Å². The van der Waals surface area contributed by atoms with Gasteiger partial charge in [0.2, 0.25) is 82.7 Å². The SMILES string of the molecule is CC[C@H](C)[C@H](NC(=O)[C@H](CC(=O)O)NC(=O)[C@H](CCN)NC(=O)[C@H](CO)NC(=O)[C@H](Cc1c[nH]c2ccccc12)NC(=O)[C@H](Cc1ccccc1)NC(=O)[C@@H](NC(=O)[C@H](CC(C)C)NC(=O)[C@@H](NC(=O)[C@@H](N)CCC(=O)O)[C@@H](C)CC)[C@@H](C)CC)C(=O)NCC(=O)N[C@@H](Cc1ccc(O)cc1)C(=O)N[C@@H](CO)C(=O)N[C@@H](Cc1ccccc1)C(=O)N[C@H](C(=O)O)[C@@H](C)O. The smallest absolute Gasteiger partial charge is 0.328 e. The van der Waals surface area contributed by atoms with E-state index in [2.05, 4.69) is 79.4 Å². The number of carboxylic acids is 3. The molecule has 0 aliphatic rings. The van der Waals surface area contributed by atoms with Crippen molar-refractivity contribution < 1.29 is 117 Å². The van der Waals surface area contributed by atoms with Gasteiger partial charge in [0, 0.05) is 49.2 Å². The number of para-hydroxylation sites is 1. The first-order valence-electron chi connectivity index (χ1n) is 42.3. The molecule has 1 aromatic heterocycles. The first kappa shape index (κ1) is 106. The molecule has 5 rings (SSSR count). The number of aromatic hydroxyl groups is 1. The number of rotatable bonds is 55. The van der Waals surface area contributed by atoms with Crippen molar-refractivity contribution in [3.05, 3.63) is 138 Å². The molecule has 0 aliphatic carbocycles. The Hall–Kier alpha value is -13.0. The van der Waals surface area contributed by atoms with Crippen LogP contribution in [0.4, 0.5) is 0 Å². The van der Waals surface area contributed by atoms with Crippen molar-refractivity contribution in [2.75, 3.05) is 26.3 Å². The quantitative estimate of drug-likeness (QED) is 0.0187. The van der Waals surface area contributed by atoms with Gasteiger partial charge in [0.1, 0.15) is 78.3 Å². The molecule has 18 atom stereocenters. The van der Waals surface area contributed by atoms with Gasteiger partial charge in [0.25, 0.3) is 0 Å². The molecule has 14 amide bonds. The van der Waals surface area contributed by atoms with Crippen molar-refractivity contribution in [1.82, 2.24) is 79.4 Å². The minimum atomic E-state index is -2.03. The highest BCUT2D eigenvalue weighted by atomic mass is 16.4. The molecule has 0 radical (unpaired) electrons. The molecule has 700 valence electrons. The zero-order valence-electron chi connectivity index (χ0n) is 73.0. The van der Waals surface area contributed by atoms with Crippen molar-refractivity contribution in [2.45, 2.75) is 230 Å². The lowest BCUT2D eigenvalue weighted by atomic mass is 9.94. The van der Waals surface area contributed by atoms with Gasteiger partial charge >= 0.3 is 17.9 Å². The largest absolute Gasteiger partial charge is 0.508 e. The summed E-state index contributed by atoms with van der Waals surface area (Å²) in [4.78, 5) is 238. The number of phenols is 1. The number of nitrogens with two attached hydrogens (primary N) is 2. The molecule has 4 aromatic carbocycles. The Kier molecular flexibility index (Phi) is 43.6. The number of aromatic amines is 1. The molecule has 0 bridgehead atoms. The molecule has 0 unspecified atom stereocenters. The molecule has 1 heterocycles. The van der Waals surface area contributed by atoms with Gasteiger partial charge in [-0.3, -0.25) is 76.7 Å². The number of phenolic OH excluding ortho intramolecular Hbond substituents is 1. The van der Waals surface area contributed by atoms with Crippen molar-refractivity contribution in [1.29, 1.82) is 0 Å². The molecular formula is C87H123N17O24. The molecule has 26 N–H and O–H groups in total. The highest BCUT2D eigenvalue weighted by molar-refractivity contribution is 6.01. The zero-order chi connectivity index (χ0) is 95.2. The van der Waals surface area contributed by atoms with E-state index in [9.17, 15) is 112 Å². The van der Waals surface area contributed by atoms with E-state index in [0.29, 0.717) is 39.6 Å². The standard InChI is InChI=1S/C87H123N17O24/c1-10-46(6)70(84(124)91-42-67(109)92-60(38-52-27-29-54(108)30-28-52)76(116)99-66(44-106)83(123)94-62(37-51-23-17-14-18-24-51)80(120)104-73(49(9)107)87(127)128)102-81(121)64(40-69(112)113)96-75(115)58(33-34-88)93-82(122)65(43-105)100-78(118)63(39-53-41-90-57-26-20-19-25-55(53)57)95-77(117)61(36-50-21-15-13-16-22-50)98-86(126)72(48(8)12-3)103-79(119)59(35-45(4)5)97-85(125)71(47(7)11-2)101-74(114)56(89)31-32-68(110)111/h13-30,41,45-49,56,58-66,70-73,90,105-108H,10-12,31-40,42-44,88-89H2,1-9H3,(H,91,124)(H,92,109)(H,93,122)(H,94,123)(H,95,117)(H,96,115)(H,97,125)(H,98,126)(H,99,116)(H,100,118)(H,101,114)(H,102,121)(H,103,119)(H,104,120)(H,110,111)(H,112,113)(H,127,128)/t46-,47-,48-,49+,56-,58-,59-,60-,61-,62-,63-,64-,65-,66-,70-,71-,72-,73-/m0/s1. The second-order valence-electron chi connectivity index (χ2n) is 32.0. The fourth-order valence-corrected chi connectivity index (χ4v) is 13.4. The number of fused-ring (bicyclic) bond motifs is 1. The highest BCUT2D eigenvalue weighted by Gasteiger charge is 2.41. The van der Waals surface area contributed by atoms with Gasteiger partial charge in [0.15, 0.2) is 6.04 Å². The molecule has 128 heavy (non-hydrogen) atoms. The third-order valence-corrected chi connectivity index (χ3v) is 21.5. The summed E-state index contributed by atoms with van der Waals surface area (Å²) >= 11 is 0. The number of aliphatic hydroxyl groups excluding tert-OH is 3. The Labute approximate surface area is 739 Å². The number of hydrogen-bond donors (Lipinski definition) is 24. The van der Waals surface area contributed by atoms with Crippen LogP contribution in [-0.2, 0) is 107 Å². The average Bonchev–Trinajstić information content (AvgIpc) is 1.72. The van der Waals surface area contributed by atoms with Crippen LogP contribution in [0.3, 0.4) is 0 Å². The van der Waals surface area contributed by atoms with Crippen LogP contribution in [0.1, 0.15) is 136 Å². The number of H-pyrrole nitrogens is 1. The third-order valence-electron chi connectivity index (χ3n) is 21.5. The summed E-state index contributed by atoms with van der Waals surface area (Å²) < 4.78 is 0. The first-order valence-corrected chi connectivity index (χ1v) is 42.3. The fraction of sp³-hybridized carbons (Fsp3) is 0.506. The molecule has 0 saturated carbocycles. The summed E-state index contributed by atoms with van der Waals surface area (Å²) in [7, 11) is 0. The summed E-state index contributed by atoms with van der Waals surface area (Å²) in [6, 6.07) is 6.18. The van der Waals surface area contributed by atoms with Crippen LogP contribution in [0.5, 0.6) is 5.75 Å². The number of carbonyl (C=O) groups excluding carboxylic acids is 14. The molecule has 0 spiro atoms. The summed E-state index contributed by atoms with van der Waals surface area (Å²) in [5, 5.41) is 106. The van der Waals surface area contributed by atoms with E-state index >= 15 is 4.79 Å². The topological polar surface area (TPSA) is 668 Å². The number of aromatic nitrogens is 1. The molecule has 0 saturated heterocycles. The fourth-order valence-electron chi connectivity index (χ4n) is 13.4. The second kappa shape index (κ2) is 52.8. The van der Waals surface area contributed by atoms with Gasteiger partial charge in [-0.2, -0.15) is 0 Å². The van der Waals surface area contributed by atoms with Crippen LogP contribution in [0.2, 0.25) is 0 Å². The lowest BCUT2D eigenvalue weighted by Gasteiger charge is -2.31. The van der Waals surface area contributed by atoms with Crippen molar-refractivity contribution in [3.63, 3.8) is 0 Å². The lowest BCUT2D eigenvalue weighted by Crippen LogP contribution is -2.62. The monoisotopic (exact) mass is 1790 g/mol. The average molecular weight is 1790 g/mol. The van der Waals surface area contributed by atoms with E-state index in [-0.39, 0.29) is 69.6 Å². The van der Waals surface area contributed by atoms with Crippen LogP contribution in [-0.4, -0.2) is 258 Å². The predicted molar refractivity (Wildman–Crippen MR) is 464 cm³/mol. The van der Waals surface area contributed by atoms with Crippen molar-refractivity contribution >= 4 is 112 Å². The van der Waals surface area contributed by atoms with Crippen molar-refractivity contribution in [2.24, 2.45) is 35.1 Å². The maximum Gasteiger partial charge on any atom is 0.328 e. The Bertz CT molecular complexity index is 4600. The molecule has 41 heteroatoms. The van der Waals surface area contributed by atoms with Gasteiger partial charge in [-0.15, -0.1) is 0 Å². The number of nitrogens with one attached hydrogen (secondary N) is 15. The van der Waals surface area contributed by atoms with Gasteiger partial charge in [0.05, 0.1) is 38.3 Å². The normalized spacial score (nSPS) is 15.5. The number of carbonyl (C=O) groups is 17. The Morgan fingerprint density at radius 3 is 1.22 bits per heavy atom. The number of aliphatic hydroxyl groups is 3. The third kappa shape index (κ3) is 34.1. The second-order valence-corrected chi connectivity index (χ2v) is 32.0. The van der Waals surface area contributed by atoms with Gasteiger partial charge < -0.3 is 127 Å². The van der Waals surface area contributed by atoms with Crippen LogP contribution < -0.4 is 85.9 Å².